The minimum absolute atomic E-state index is 0.112. The summed E-state index contributed by atoms with van der Waals surface area (Å²) in [5.74, 6) is 0.478. The molecule has 0 aliphatic carbocycles. The quantitative estimate of drug-likeness (QED) is 0.320. The van der Waals surface area contributed by atoms with E-state index in [1.54, 1.807) is 22.6 Å². The van der Waals surface area contributed by atoms with E-state index in [1.807, 2.05) is 48.5 Å². The van der Waals surface area contributed by atoms with Gasteiger partial charge in [0.15, 0.2) is 10.7 Å². The van der Waals surface area contributed by atoms with Gasteiger partial charge in [-0.25, -0.2) is 9.38 Å². The zero-order valence-electron chi connectivity index (χ0n) is 16.4. The Labute approximate surface area is 199 Å². The highest BCUT2D eigenvalue weighted by molar-refractivity contribution is 9.10. The van der Waals surface area contributed by atoms with Crippen LogP contribution in [0.1, 0.15) is 16.7 Å². The molecule has 0 spiro atoms. The Hall–Kier alpha value is -3.18. The summed E-state index contributed by atoms with van der Waals surface area (Å²) in [5, 5.41) is 9.65. The molecular formula is C24H13BrClN3O2S. The minimum Gasteiger partial charge on any atom is -0.486 e. The van der Waals surface area contributed by atoms with Gasteiger partial charge in [0.2, 0.25) is 0 Å². The Balaban J connectivity index is 1.49. The lowest BCUT2D eigenvalue weighted by atomic mass is 10.1. The van der Waals surface area contributed by atoms with Crippen molar-refractivity contribution in [2.24, 2.45) is 0 Å². The molecule has 32 heavy (non-hydrogen) atoms. The maximum absolute atomic E-state index is 13.0. The Kier molecular flexibility index (Phi) is 5.43. The lowest BCUT2D eigenvalue weighted by molar-refractivity contribution is 0.304. The monoisotopic (exact) mass is 521 g/mol. The predicted molar refractivity (Wildman–Crippen MR) is 130 cm³/mol. The van der Waals surface area contributed by atoms with Crippen LogP contribution in [0.25, 0.3) is 22.1 Å². The van der Waals surface area contributed by atoms with E-state index in [-0.39, 0.29) is 12.2 Å². The highest BCUT2D eigenvalue weighted by Gasteiger charge is 2.13. The van der Waals surface area contributed by atoms with E-state index in [4.69, 9.17) is 16.3 Å². The molecule has 0 amide bonds. The molecule has 0 atom stereocenters. The van der Waals surface area contributed by atoms with Crippen molar-refractivity contribution in [2.75, 3.05) is 0 Å². The topological polar surface area (TPSA) is 67.4 Å². The van der Waals surface area contributed by atoms with Gasteiger partial charge in [0, 0.05) is 5.56 Å². The predicted octanol–water partition coefficient (Wildman–Crippen LogP) is 5.32. The number of rotatable bonds is 4. The van der Waals surface area contributed by atoms with Gasteiger partial charge in [0.25, 0.3) is 5.56 Å². The summed E-state index contributed by atoms with van der Waals surface area (Å²) in [4.78, 5) is 18.2. The zero-order chi connectivity index (χ0) is 22.2. The number of halogens is 2. The normalized spacial score (nSPS) is 11.8. The van der Waals surface area contributed by atoms with Crippen molar-refractivity contribution in [2.45, 2.75) is 6.61 Å². The van der Waals surface area contributed by atoms with Crippen molar-refractivity contribution >= 4 is 60.9 Å². The van der Waals surface area contributed by atoms with Crippen LogP contribution in [-0.4, -0.2) is 9.38 Å². The van der Waals surface area contributed by atoms with Crippen LogP contribution in [0.2, 0.25) is 5.02 Å². The number of aromatic nitrogens is 2. The van der Waals surface area contributed by atoms with Crippen molar-refractivity contribution < 1.29 is 4.74 Å². The van der Waals surface area contributed by atoms with E-state index in [0.29, 0.717) is 30.3 Å². The number of thiazole rings is 1. The van der Waals surface area contributed by atoms with Crippen LogP contribution in [-0.2, 0) is 6.61 Å². The molecule has 0 bridgehead atoms. The van der Waals surface area contributed by atoms with Gasteiger partial charge < -0.3 is 4.74 Å². The molecular weight excluding hydrogens is 510 g/mol. The number of benzene rings is 3. The number of imidazole rings is 1. The Morgan fingerprint density at radius 2 is 1.97 bits per heavy atom. The molecule has 5 nitrogen and oxygen atoms in total. The van der Waals surface area contributed by atoms with Crippen LogP contribution >= 0.6 is 38.9 Å². The molecule has 5 aromatic rings. The van der Waals surface area contributed by atoms with Crippen molar-refractivity contribution in [1.82, 2.24) is 9.38 Å². The van der Waals surface area contributed by atoms with E-state index < -0.39 is 0 Å². The highest BCUT2D eigenvalue weighted by atomic mass is 79.9. The SMILES string of the molecule is N#Cc1ccccc1COc1c(Cl)cc(C=c2sc3nc4ccccc4n3c2=O)cc1Br. The average molecular weight is 523 g/mol. The maximum Gasteiger partial charge on any atom is 0.274 e. The van der Waals surface area contributed by atoms with E-state index in [2.05, 4.69) is 27.0 Å². The summed E-state index contributed by atoms with van der Waals surface area (Å²) < 4.78 is 8.75. The summed E-state index contributed by atoms with van der Waals surface area (Å²) in [6.07, 6.45) is 1.79. The van der Waals surface area contributed by atoms with Gasteiger partial charge in [-0.1, -0.05) is 53.3 Å². The Morgan fingerprint density at radius 3 is 2.78 bits per heavy atom. The average Bonchev–Trinajstić information content (AvgIpc) is 3.29. The van der Waals surface area contributed by atoms with Gasteiger partial charge in [0.05, 0.1) is 36.7 Å². The molecule has 0 N–H and O–H groups in total. The number of hydrogen-bond acceptors (Lipinski definition) is 5. The largest absolute Gasteiger partial charge is 0.486 e. The van der Waals surface area contributed by atoms with Crippen LogP contribution in [0.15, 0.2) is 69.9 Å². The fourth-order valence-electron chi connectivity index (χ4n) is 3.47. The zero-order valence-corrected chi connectivity index (χ0v) is 19.5. The van der Waals surface area contributed by atoms with E-state index in [9.17, 15) is 10.1 Å². The summed E-state index contributed by atoms with van der Waals surface area (Å²) in [5.41, 5.74) is 3.58. The molecule has 0 radical (unpaired) electrons. The van der Waals surface area contributed by atoms with Gasteiger partial charge in [0.1, 0.15) is 6.61 Å². The molecule has 2 heterocycles. The van der Waals surface area contributed by atoms with Crippen molar-refractivity contribution in [3.63, 3.8) is 0 Å². The minimum atomic E-state index is -0.112. The van der Waals surface area contributed by atoms with Gasteiger partial charge in [-0.15, -0.1) is 0 Å². The molecule has 8 heteroatoms. The molecule has 0 aliphatic heterocycles. The summed E-state index contributed by atoms with van der Waals surface area (Å²) in [6.45, 7) is 0.213. The molecule has 5 rings (SSSR count). The number of fused-ring (bicyclic) bond motifs is 3. The second kappa shape index (κ2) is 8.40. The van der Waals surface area contributed by atoms with Crippen LogP contribution < -0.4 is 14.8 Å². The van der Waals surface area contributed by atoms with E-state index in [0.717, 1.165) is 22.2 Å². The third-order valence-corrected chi connectivity index (χ3v) is 6.81. The van der Waals surface area contributed by atoms with E-state index in [1.165, 1.54) is 11.3 Å². The number of ether oxygens (including phenoxy) is 1. The molecule has 156 valence electrons. The third kappa shape index (κ3) is 3.67. The van der Waals surface area contributed by atoms with Gasteiger partial charge in [-0.2, -0.15) is 5.26 Å². The van der Waals surface area contributed by atoms with Crippen LogP contribution in [0, 0.1) is 11.3 Å². The van der Waals surface area contributed by atoms with Crippen LogP contribution in [0.4, 0.5) is 0 Å². The lowest BCUT2D eigenvalue weighted by Crippen LogP contribution is -2.22. The standard InChI is InChI=1S/C24H13BrClN3O2S/c25-17-9-14(10-18(26)22(17)31-13-16-6-2-1-5-15(16)12-27)11-21-23(30)29-20-8-4-3-7-19(20)28-24(29)32-21/h1-11H,13H2. The smallest absolute Gasteiger partial charge is 0.274 e. The Bertz CT molecular complexity index is 1630. The first-order valence-electron chi connectivity index (χ1n) is 9.57. The molecule has 0 saturated carbocycles. The second-order valence-electron chi connectivity index (χ2n) is 7.01. The summed E-state index contributed by atoms with van der Waals surface area (Å²) in [7, 11) is 0. The number of nitriles is 1. The molecule has 0 fully saturated rings. The fraction of sp³-hybridized carbons (Fsp3) is 0.0417. The van der Waals surface area contributed by atoms with Gasteiger partial charge in [-0.05, 0) is 57.9 Å². The summed E-state index contributed by atoms with van der Waals surface area (Å²) in [6, 6.07) is 20.6. The van der Waals surface area contributed by atoms with Crippen molar-refractivity contribution in [3.05, 3.63) is 102 Å². The van der Waals surface area contributed by atoms with Gasteiger partial charge in [-0.3, -0.25) is 4.79 Å². The van der Waals surface area contributed by atoms with Crippen LogP contribution in [0.5, 0.6) is 5.75 Å². The highest BCUT2D eigenvalue weighted by Crippen LogP contribution is 2.35. The van der Waals surface area contributed by atoms with Crippen molar-refractivity contribution in [3.8, 4) is 11.8 Å². The Morgan fingerprint density at radius 1 is 1.19 bits per heavy atom. The molecule has 0 aliphatic rings. The fourth-order valence-corrected chi connectivity index (χ4v) is 5.44. The molecule has 0 unspecified atom stereocenters. The van der Waals surface area contributed by atoms with Gasteiger partial charge >= 0.3 is 0 Å². The van der Waals surface area contributed by atoms with E-state index >= 15 is 0 Å². The first-order valence-corrected chi connectivity index (χ1v) is 11.6. The first kappa shape index (κ1) is 20.7. The van der Waals surface area contributed by atoms with Crippen LogP contribution in [0.3, 0.4) is 0 Å². The summed E-state index contributed by atoms with van der Waals surface area (Å²) >= 11 is 11.3. The first-order chi connectivity index (χ1) is 15.5. The molecule has 3 aromatic carbocycles. The molecule has 2 aromatic heterocycles. The molecule has 0 saturated heterocycles. The second-order valence-corrected chi connectivity index (χ2v) is 9.28. The number of nitrogens with zero attached hydrogens (tertiary/aromatic N) is 3. The van der Waals surface area contributed by atoms with Crippen molar-refractivity contribution in [1.29, 1.82) is 5.26 Å². The third-order valence-electron chi connectivity index (χ3n) is 4.97. The number of para-hydroxylation sites is 2. The maximum atomic E-state index is 13.0. The lowest BCUT2D eigenvalue weighted by Gasteiger charge is -2.12. The number of hydrogen-bond donors (Lipinski definition) is 0.